The number of hydrogen-bond acceptors (Lipinski definition) is 3. The third-order valence-electron chi connectivity index (χ3n) is 3.53. The number of rotatable bonds is 7. The number of amides is 1. The standard InChI is InChI=1S/C18H29ClN2O2/c1-13(2)15(12-21-17(22)23-18(3,4)5)11-20-10-14-8-6-7-9-16(14)19/h6-9,13,15,20H,10-12H2,1-5H3,(H,21,22). The van der Waals surface area contributed by atoms with E-state index in [9.17, 15) is 4.79 Å². The molecule has 0 fully saturated rings. The lowest BCUT2D eigenvalue weighted by atomic mass is 9.95. The van der Waals surface area contributed by atoms with E-state index in [-0.39, 0.29) is 6.09 Å². The fourth-order valence-corrected chi connectivity index (χ4v) is 2.31. The second kappa shape index (κ2) is 9.14. The highest BCUT2D eigenvalue weighted by atomic mass is 35.5. The van der Waals surface area contributed by atoms with Gasteiger partial charge < -0.3 is 15.4 Å². The van der Waals surface area contributed by atoms with Crippen molar-refractivity contribution in [2.24, 2.45) is 11.8 Å². The molecular formula is C18H29ClN2O2. The second-order valence-electron chi connectivity index (χ2n) is 7.11. The van der Waals surface area contributed by atoms with Gasteiger partial charge in [-0.05, 0) is 44.2 Å². The average Bonchev–Trinajstić information content (AvgIpc) is 2.42. The summed E-state index contributed by atoms with van der Waals surface area (Å²) in [5, 5.41) is 7.04. The lowest BCUT2D eigenvalue weighted by Gasteiger charge is -2.24. The highest BCUT2D eigenvalue weighted by Crippen LogP contribution is 2.15. The molecule has 0 spiro atoms. The van der Waals surface area contributed by atoms with Gasteiger partial charge in [0.05, 0.1) is 0 Å². The normalized spacial score (nSPS) is 13.0. The molecule has 1 rings (SSSR count). The molecule has 1 atom stereocenters. The molecular weight excluding hydrogens is 312 g/mol. The zero-order chi connectivity index (χ0) is 17.5. The minimum Gasteiger partial charge on any atom is -0.444 e. The monoisotopic (exact) mass is 340 g/mol. The van der Waals surface area contributed by atoms with Gasteiger partial charge in [-0.25, -0.2) is 4.79 Å². The molecule has 23 heavy (non-hydrogen) atoms. The van der Waals surface area contributed by atoms with Gasteiger partial charge in [0.2, 0.25) is 0 Å². The Morgan fingerprint density at radius 3 is 2.43 bits per heavy atom. The Hall–Kier alpha value is -1.26. The largest absolute Gasteiger partial charge is 0.444 e. The van der Waals surface area contributed by atoms with Crippen LogP contribution in [0, 0.1) is 11.8 Å². The minimum atomic E-state index is -0.473. The van der Waals surface area contributed by atoms with Crippen LogP contribution in [0.1, 0.15) is 40.2 Å². The third kappa shape index (κ3) is 8.24. The fraction of sp³-hybridized carbons (Fsp3) is 0.611. The molecule has 1 amide bonds. The van der Waals surface area contributed by atoms with Gasteiger partial charge >= 0.3 is 6.09 Å². The van der Waals surface area contributed by atoms with Crippen molar-refractivity contribution in [2.45, 2.75) is 46.8 Å². The molecule has 0 aliphatic heterocycles. The molecule has 1 aromatic carbocycles. The van der Waals surface area contributed by atoms with Crippen molar-refractivity contribution >= 4 is 17.7 Å². The van der Waals surface area contributed by atoms with Crippen LogP contribution in [0.4, 0.5) is 4.79 Å². The fourth-order valence-electron chi connectivity index (χ4n) is 2.11. The Kier molecular flexibility index (Phi) is 7.86. The number of hydrogen-bond donors (Lipinski definition) is 2. The zero-order valence-electron chi connectivity index (χ0n) is 14.8. The smallest absolute Gasteiger partial charge is 0.407 e. The summed E-state index contributed by atoms with van der Waals surface area (Å²) in [7, 11) is 0. The Balaban J connectivity index is 2.41. The lowest BCUT2D eigenvalue weighted by Crippen LogP contribution is -2.39. The summed E-state index contributed by atoms with van der Waals surface area (Å²) in [5.74, 6) is 0.772. The number of benzene rings is 1. The van der Waals surface area contributed by atoms with E-state index < -0.39 is 5.60 Å². The SMILES string of the molecule is CC(C)C(CNCc1ccccc1Cl)CNC(=O)OC(C)(C)C. The Morgan fingerprint density at radius 1 is 1.22 bits per heavy atom. The summed E-state index contributed by atoms with van der Waals surface area (Å²) >= 11 is 6.15. The van der Waals surface area contributed by atoms with Gasteiger partial charge in [-0.15, -0.1) is 0 Å². The highest BCUT2D eigenvalue weighted by molar-refractivity contribution is 6.31. The Labute approximate surface area is 144 Å². The van der Waals surface area contributed by atoms with Crippen LogP contribution < -0.4 is 10.6 Å². The van der Waals surface area contributed by atoms with E-state index >= 15 is 0 Å². The first kappa shape index (κ1) is 19.8. The summed E-state index contributed by atoms with van der Waals surface area (Å²) in [5.41, 5.74) is 0.608. The number of carbonyl (C=O) groups is 1. The van der Waals surface area contributed by atoms with Gasteiger partial charge in [0.15, 0.2) is 0 Å². The minimum absolute atomic E-state index is 0.324. The topological polar surface area (TPSA) is 50.4 Å². The highest BCUT2D eigenvalue weighted by Gasteiger charge is 2.19. The summed E-state index contributed by atoms with van der Waals surface area (Å²) < 4.78 is 5.27. The summed E-state index contributed by atoms with van der Waals surface area (Å²) in [6.07, 6.45) is -0.366. The predicted octanol–water partition coefficient (Wildman–Crippen LogP) is 4.23. The Morgan fingerprint density at radius 2 is 1.87 bits per heavy atom. The molecule has 0 aliphatic carbocycles. The zero-order valence-corrected chi connectivity index (χ0v) is 15.5. The van der Waals surface area contributed by atoms with Crippen LogP contribution >= 0.6 is 11.6 Å². The van der Waals surface area contributed by atoms with Crippen LogP contribution in [-0.2, 0) is 11.3 Å². The van der Waals surface area contributed by atoms with Crippen molar-refractivity contribution in [3.63, 3.8) is 0 Å². The first-order valence-corrected chi connectivity index (χ1v) is 8.48. The summed E-state index contributed by atoms with van der Waals surface area (Å²) in [6.45, 7) is 12.0. The van der Waals surface area contributed by atoms with Crippen LogP contribution in [0.15, 0.2) is 24.3 Å². The number of ether oxygens (including phenoxy) is 1. The van der Waals surface area contributed by atoms with Gasteiger partial charge in [0, 0.05) is 24.7 Å². The lowest BCUT2D eigenvalue weighted by molar-refractivity contribution is 0.0515. The maximum atomic E-state index is 11.8. The van der Waals surface area contributed by atoms with E-state index in [1.54, 1.807) is 0 Å². The van der Waals surface area contributed by atoms with Crippen molar-refractivity contribution in [3.05, 3.63) is 34.9 Å². The number of alkyl carbamates (subject to hydrolysis) is 1. The van der Waals surface area contributed by atoms with E-state index in [0.717, 1.165) is 23.7 Å². The molecule has 0 radical (unpaired) electrons. The van der Waals surface area contributed by atoms with Crippen molar-refractivity contribution < 1.29 is 9.53 Å². The maximum Gasteiger partial charge on any atom is 0.407 e. The number of nitrogens with one attached hydrogen (secondary N) is 2. The first-order valence-electron chi connectivity index (χ1n) is 8.10. The molecule has 5 heteroatoms. The number of carbonyl (C=O) groups excluding carboxylic acids is 1. The molecule has 0 saturated heterocycles. The van der Waals surface area contributed by atoms with E-state index in [1.807, 2.05) is 45.0 Å². The average molecular weight is 341 g/mol. The van der Waals surface area contributed by atoms with Crippen LogP contribution in [0.25, 0.3) is 0 Å². The van der Waals surface area contributed by atoms with Gasteiger partial charge in [-0.1, -0.05) is 43.6 Å². The van der Waals surface area contributed by atoms with Crippen LogP contribution in [0.5, 0.6) is 0 Å². The predicted molar refractivity (Wildman–Crippen MR) is 95.7 cm³/mol. The van der Waals surface area contributed by atoms with Crippen LogP contribution in [0.2, 0.25) is 5.02 Å². The molecule has 0 saturated carbocycles. The molecule has 0 aliphatic rings. The molecule has 0 bridgehead atoms. The van der Waals surface area contributed by atoms with E-state index in [0.29, 0.717) is 18.4 Å². The molecule has 4 nitrogen and oxygen atoms in total. The summed E-state index contributed by atoms with van der Waals surface area (Å²) in [4.78, 5) is 11.8. The number of halogens is 1. The molecule has 0 heterocycles. The van der Waals surface area contributed by atoms with E-state index in [2.05, 4.69) is 24.5 Å². The molecule has 0 aromatic heterocycles. The molecule has 1 aromatic rings. The van der Waals surface area contributed by atoms with Crippen molar-refractivity contribution in [1.29, 1.82) is 0 Å². The quantitative estimate of drug-likeness (QED) is 0.781. The molecule has 130 valence electrons. The van der Waals surface area contributed by atoms with Crippen molar-refractivity contribution in [2.75, 3.05) is 13.1 Å². The van der Waals surface area contributed by atoms with Gasteiger partial charge in [-0.3, -0.25) is 0 Å². The Bertz CT molecular complexity index is 498. The second-order valence-corrected chi connectivity index (χ2v) is 7.52. The van der Waals surface area contributed by atoms with E-state index in [1.165, 1.54) is 0 Å². The van der Waals surface area contributed by atoms with Crippen LogP contribution in [0.3, 0.4) is 0 Å². The molecule has 2 N–H and O–H groups in total. The van der Waals surface area contributed by atoms with Gasteiger partial charge in [0.25, 0.3) is 0 Å². The van der Waals surface area contributed by atoms with Crippen molar-refractivity contribution in [3.8, 4) is 0 Å². The maximum absolute atomic E-state index is 11.8. The van der Waals surface area contributed by atoms with Gasteiger partial charge in [0.1, 0.15) is 5.60 Å². The van der Waals surface area contributed by atoms with Crippen molar-refractivity contribution in [1.82, 2.24) is 10.6 Å². The van der Waals surface area contributed by atoms with Gasteiger partial charge in [-0.2, -0.15) is 0 Å². The first-order chi connectivity index (χ1) is 10.7. The van der Waals surface area contributed by atoms with E-state index in [4.69, 9.17) is 16.3 Å². The third-order valence-corrected chi connectivity index (χ3v) is 3.90. The summed E-state index contributed by atoms with van der Waals surface area (Å²) in [6, 6.07) is 7.81. The molecule has 1 unspecified atom stereocenters. The van der Waals surface area contributed by atoms with Crippen LogP contribution in [-0.4, -0.2) is 24.8 Å².